The Hall–Kier alpha value is -1.34. The number of carbonyl (C=O) groups excluding carboxylic acids is 2. The highest BCUT2D eigenvalue weighted by molar-refractivity contribution is 5.66. The first-order chi connectivity index (χ1) is 9.11. The lowest BCUT2D eigenvalue weighted by molar-refractivity contribution is -0.178. The normalized spacial score (nSPS) is 32.6. The highest BCUT2D eigenvalue weighted by atomic mass is 16.8. The van der Waals surface area contributed by atoms with E-state index < -0.39 is 36.7 Å². The summed E-state index contributed by atoms with van der Waals surface area (Å²) in [4.78, 5) is 22.0. The van der Waals surface area contributed by atoms with Gasteiger partial charge >= 0.3 is 12.1 Å². The Labute approximate surface area is 111 Å². The zero-order valence-electron chi connectivity index (χ0n) is 11.0. The molecule has 0 bridgehead atoms. The largest absolute Gasteiger partial charge is 0.509 e. The first-order valence-electron chi connectivity index (χ1n) is 6.39. The fourth-order valence-electron chi connectivity index (χ4n) is 2.02. The molecule has 0 aliphatic carbocycles. The van der Waals surface area contributed by atoms with E-state index in [2.05, 4.69) is 0 Å². The van der Waals surface area contributed by atoms with Gasteiger partial charge in [-0.25, -0.2) is 4.79 Å². The Morgan fingerprint density at radius 2 is 2.05 bits per heavy atom. The van der Waals surface area contributed by atoms with Crippen molar-refractivity contribution < 1.29 is 33.3 Å². The molecule has 0 spiro atoms. The maximum absolute atomic E-state index is 11.2. The van der Waals surface area contributed by atoms with Crippen molar-refractivity contribution in [3.8, 4) is 0 Å². The topological polar surface area (TPSA) is 80.3 Å². The summed E-state index contributed by atoms with van der Waals surface area (Å²) < 4.78 is 26.0. The van der Waals surface area contributed by atoms with Gasteiger partial charge in [-0.3, -0.25) is 4.79 Å². The van der Waals surface area contributed by atoms with Gasteiger partial charge in [0.25, 0.3) is 0 Å². The van der Waals surface area contributed by atoms with Crippen LogP contribution in [0.1, 0.15) is 26.7 Å². The molecule has 0 aromatic rings. The fourth-order valence-corrected chi connectivity index (χ4v) is 2.02. The molecule has 0 aromatic carbocycles. The lowest BCUT2D eigenvalue weighted by atomic mass is 10.1. The number of hydrogen-bond acceptors (Lipinski definition) is 7. The van der Waals surface area contributed by atoms with Crippen molar-refractivity contribution in [2.24, 2.45) is 0 Å². The highest BCUT2D eigenvalue weighted by Gasteiger charge is 2.55. The minimum absolute atomic E-state index is 0.0147. The molecule has 0 amide bonds. The molecule has 0 unspecified atom stereocenters. The Morgan fingerprint density at radius 3 is 2.74 bits per heavy atom. The molecule has 7 nitrogen and oxygen atoms in total. The molecule has 108 valence electrons. The Bertz CT molecular complexity index is 343. The third-order valence-electron chi connectivity index (χ3n) is 2.96. The van der Waals surface area contributed by atoms with Crippen molar-refractivity contribution in [2.45, 2.75) is 51.3 Å². The van der Waals surface area contributed by atoms with Crippen LogP contribution in [0.2, 0.25) is 0 Å². The Balaban J connectivity index is 1.91. The summed E-state index contributed by atoms with van der Waals surface area (Å²) in [5, 5.41) is 0. The van der Waals surface area contributed by atoms with Crippen LogP contribution in [0.3, 0.4) is 0 Å². The third-order valence-corrected chi connectivity index (χ3v) is 2.96. The van der Waals surface area contributed by atoms with E-state index in [9.17, 15) is 9.59 Å². The average Bonchev–Trinajstić information content (AvgIpc) is 2.86. The number of fused-ring (bicyclic) bond motifs is 1. The van der Waals surface area contributed by atoms with E-state index in [1.54, 1.807) is 0 Å². The van der Waals surface area contributed by atoms with Gasteiger partial charge in [-0.2, -0.15) is 0 Å². The molecule has 19 heavy (non-hydrogen) atoms. The molecule has 7 heteroatoms. The van der Waals surface area contributed by atoms with Gasteiger partial charge < -0.3 is 23.7 Å². The van der Waals surface area contributed by atoms with E-state index in [4.69, 9.17) is 23.7 Å². The van der Waals surface area contributed by atoms with E-state index >= 15 is 0 Å². The quantitative estimate of drug-likeness (QED) is 0.528. The van der Waals surface area contributed by atoms with Gasteiger partial charge in [0.1, 0.15) is 12.7 Å². The van der Waals surface area contributed by atoms with Gasteiger partial charge in [0.15, 0.2) is 18.5 Å². The SMILES string of the molecule is CCCCO[C@@H]1O[C@H](COC(C)=O)[C@H]2OC(=O)O[C@@H]12. The minimum atomic E-state index is -0.741. The number of hydrogen-bond donors (Lipinski definition) is 0. The molecule has 2 aliphatic rings. The van der Waals surface area contributed by atoms with Crippen molar-refractivity contribution in [3.05, 3.63) is 0 Å². The summed E-state index contributed by atoms with van der Waals surface area (Å²) in [5.74, 6) is -0.416. The molecular formula is C12H18O7. The summed E-state index contributed by atoms with van der Waals surface area (Å²) in [6.07, 6.45) is -1.25. The van der Waals surface area contributed by atoms with E-state index in [0.29, 0.717) is 6.61 Å². The fraction of sp³-hybridized carbons (Fsp3) is 0.833. The van der Waals surface area contributed by atoms with Crippen LogP contribution in [-0.4, -0.2) is 49.9 Å². The van der Waals surface area contributed by atoms with Crippen molar-refractivity contribution >= 4 is 12.1 Å². The van der Waals surface area contributed by atoms with Crippen molar-refractivity contribution in [1.82, 2.24) is 0 Å². The first-order valence-corrected chi connectivity index (χ1v) is 6.39. The van der Waals surface area contributed by atoms with Gasteiger partial charge in [0, 0.05) is 13.5 Å². The van der Waals surface area contributed by atoms with E-state index in [1.807, 2.05) is 6.92 Å². The summed E-state index contributed by atoms with van der Waals surface area (Å²) >= 11 is 0. The van der Waals surface area contributed by atoms with Crippen LogP contribution >= 0.6 is 0 Å². The molecule has 2 aliphatic heterocycles. The van der Waals surface area contributed by atoms with Gasteiger partial charge in [0.2, 0.25) is 0 Å². The molecule has 0 saturated carbocycles. The van der Waals surface area contributed by atoms with Gasteiger partial charge in [-0.1, -0.05) is 13.3 Å². The molecule has 4 atom stereocenters. The molecule has 2 fully saturated rings. The molecular weight excluding hydrogens is 256 g/mol. The summed E-state index contributed by atoms with van der Waals surface area (Å²) in [6.45, 7) is 3.88. The number of esters is 1. The summed E-state index contributed by atoms with van der Waals surface area (Å²) in [7, 11) is 0. The molecule has 2 rings (SSSR count). The zero-order valence-corrected chi connectivity index (χ0v) is 11.0. The van der Waals surface area contributed by atoms with Crippen LogP contribution in [0.4, 0.5) is 4.79 Å². The van der Waals surface area contributed by atoms with Crippen LogP contribution in [-0.2, 0) is 28.5 Å². The lowest BCUT2D eigenvalue weighted by Crippen LogP contribution is -2.33. The molecule has 2 heterocycles. The van der Waals surface area contributed by atoms with Crippen molar-refractivity contribution in [3.63, 3.8) is 0 Å². The molecule has 0 radical (unpaired) electrons. The molecule has 0 N–H and O–H groups in total. The lowest BCUT2D eigenvalue weighted by Gasteiger charge is -2.16. The van der Waals surface area contributed by atoms with Gasteiger partial charge in [-0.15, -0.1) is 0 Å². The van der Waals surface area contributed by atoms with E-state index in [-0.39, 0.29) is 6.61 Å². The Morgan fingerprint density at radius 1 is 1.32 bits per heavy atom. The zero-order chi connectivity index (χ0) is 13.8. The van der Waals surface area contributed by atoms with E-state index in [1.165, 1.54) is 6.92 Å². The first kappa shape index (κ1) is 14.1. The van der Waals surface area contributed by atoms with Crippen molar-refractivity contribution in [1.29, 1.82) is 0 Å². The maximum Gasteiger partial charge on any atom is 0.509 e. The minimum Gasteiger partial charge on any atom is -0.463 e. The van der Waals surface area contributed by atoms with Crippen LogP contribution in [0.25, 0.3) is 0 Å². The second-order valence-electron chi connectivity index (χ2n) is 4.48. The molecule has 0 aromatic heterocycles. The van der Waals surface area contributed by atoms with Crippen LogP contribution in [0.5, 0.6) is 0 Å². The average molecular weight is 274 g/mol. The summed E-state index contributed by atoms with van der Waals surface area (Å²) in [6, 6.07) is 0. The van der Waals surface area contributed by atoms with E-state index in [0.717, 1.165) is 12.8 Å². The monoisotopic (exact) mass is 274 g/mol. The maximum atomic E-state index is 11.2. The van der Waals surface area contributed by atoms with Crippen LogP contribution < -0.4 is 0 Å². The van der Waals surface area contributed by atoms with Gasteiger partial charge in [-0.05, 0) is 6.42 Å². The number of ether oxygens (including phenoxy) is 5. The predicted molar refractivity (Wildman–Crippen MR) is 61.3 cm³/mol. The standard InChI is InChI=1S/C12H18O7/c1-3-4-5-15-11-10-9(18-12(14)19-10)8(17-11)6-16-7(2)13/h8-11H,3-6H2,1-2H3/t8-,9-,10-,11-/m1/s1. The second kappa shape index (κ2) is 6.21. The smallest absolute Gasteiger partial charge is 0.463 e. The summed E-state index contributed by atoms with van der Waals surface area (Å²) in [5.41, 5.74) is 0. The number of rotatable bonds is 6. The van der Waals surface area contributed by atoms with Crippen molar-refractivity contribution in [2.75, 3.05) is 13.2 Å². The third kappa shape index (κ3) is 3.36. The van der Waals surface area contributed by atoms with Crippen LogP contribution in [0.15, 0.2) is 0 Å². The van der Waals surface area contributed by atoms with Crippen LogP contribution in [0, 0.1) is 0 Å². The molecule has 2 saturated heterocycles. The number of unbranched alkanes of at least 4 members (excludes halogenated alkanes) is 1. The Kier molecular flexibility index (Phi) is 4.60. The second-order valence-corrected chi connectivity index (χ2v) is 4.48. The van der Waals surface area contributed by atoms with Gasteiger partial charge in [0.05, 0.1) is 0 Å². The number of carbonyl (C=O) groups is 2. The highest BCUT2D eigenvalue weighted by Crippen LogP contribution is 2.32. The predicted octanol–water partition coefficient (Wildman–Crippen LogP) is 0.995.